The fourth-order valence-electron chi connectivity index (χ4n) is 0.920. The Hall–Kier alpha value is -0.790. The van der Waals surface area contributed by atoms with Crippen molar-refractivity contribution in [2.75, 3.05) is 7.11 Å². The molecular formula is C7H10O2. The van der Waals surface area contributed by atoms with Crippen LogP contribution < -0.4 is 0 Å². The van der Waals surface area contributed by atoms with E-state index < -0.39 is 0 Å². The first-order valence-electron chi connectivity index (χ1n) is 3.01. The SMILES string of the molecule is C=C1CCC1C(=O)OC. The van der Waals surface area contributed by atoms with Crippen LogP contribution >= 0.6 is 0 Å². The molecule has 2 nitrogen and oxygen atoms in total. The molecule has 0 aromatic rings. The van der Waals surface area contributed by atoms with Gasteiger partial charge in [0.05, 0.1) is 13.0 Å². The van der Waals surface area contributed by atoms with Crippen LogP contribution in [-0.2, 0) is 9.53 Å². The van der Waals surface area contributed by atoms with Crippen molar-refractivity contribution < 1.29 is 9.53 Å². The zero-order valence-electron chi connectivity index (χ0n) is 5.52. The first kappa shape index (κ1) is 6.33. The normalized spacial score (nSPS) is 25.0. The third-order valence-electron chi connectivity index (χ3n) is 1.73. The maximum absolute atomic E-state index is 10.7. The molecule has 0 aliphatic heterocycles. The van der Waals surface area contributed by atoms with Gasteiger partial charge in [0.1, 0.15) is 0 Å². The Morgan fingerprint density at radius 1 is 1.89 bits per heavy atom. The molecule has 0 aromatic heterocycles. The van der Waals surface area contributed by atoms with Gasteiger partial charge in [-0.3, -0.25) is 4.79 Å². The third kappa shape index (κ3) is 0.969. The molecule has 0 heterocycles. The van der Waals surface area contributed by atoms with E-state index in [2.05, 4.69) is 11.3 Å². The van der Waals surface area contributed by atoms with Gasteiger partial charge < -0.3 is 4.74 Å². The van der Waals surface area contributed by atoms with Gasteiger partial charge in [-0.05, 0) is 12.8 Å². The van der Waals surface area contributed by atoms with Crippen LogP contribution in [-0.4, -0.2) is 13.1 Å². The molecule has 1 aliphatic carbocycles. The van der Waals surface area contributed by atoms with E-state index in [9.17, 15) is 4.79 Å². The monoisotopic (exact) mass is 126 g/mol. The lowest BCUT2D eigenvalue weighted by molar-refractivity contribution is -0.145. The van der Waals surface area contributed by atoms with E-state index in [4.69, 9.17) is 0 Å². The van der Waals surface area contributed by atoms with Crippen molar-refractivity contribution in [3.05, 3.63) is 12.2 Å². The van der Waals surface area contributed by atoms with E-state index in [0.717, 1.165) is 18.4 Å². The minimum Gasteiger partial charge on any atom is -0.469 e. The Balaban J connectivity index is 2.44. The summed E-state index contributed by atoms with van der Waals surface area (Å²) < 4.78 is 4.52. The highest BCUT2D eigenvalue weighted by atomic mass is 16.5. The maximum atomic E-state index is 10.7. The average molecular weight is 126 g/mol. The highest BCUT2D eigenvalue weighted by Gasteiger charge is 2.29. The second-order valence-electron chi connectivity index (χ2n) is 2.27. The summed E-state index contributed by atoms with van der Waals surface area (Å²) in [7, 11) is 1.41. The molecular weight excluding hydrogens is 116 g/mol. The van der Waals surface area contributed by atoms with E-state index in [1.165, 1.54) is 7.11 Å². The summed E-state index contributed by atoms with van der Waals surface area (Å²) in [6, 6.07) is 0. The predicted octanol–water partition coefficient (Wildman–Crippen LogP) is 1.13. The zero-order chi connectivity index (χ0) is 6.85. The number of rotatable bonds is 1. The lowest BCUT2D eigenvalue weighted by Gasteiger charge is -2.25. The quantitative estimate of drug-likeness (QED) is 0.389. The van der Waals surface area contributed by atoms with Gasteiger partial charge in [0.25, 0.3) is 0 Å². The van der Waals surface area contributed by atoms with Crippen molar-refractivity contribution >= 4 is 5.97 Å². The van der Waals surface area contributed by atoms with Gasteiger partial charge >= 0.3 is 5.97 Å². The van der Waals surface area contributed by atoms with Crippen molar-refractivity contribution in [3.63, 3.8) is 0 Å². The van der Waals surface area contributed by atoms with Gasteiger partial charge in [-0.15, -0.1) is 0 Å². The van der Waals surface area contributed by atoms with E-state index in [1.54, 1.807) is 0 Å². The Bertz CT molecular complexity index is 149. The Morgan fingerprint density at radius 2 is 2.56 bits per heavy atom. The highest BCUT2D eigenvalue weighted by Crippen LogP contribution is 2.32. The highest BCUT2D eigenvalue weighted by molar-refractivity contribution is 5.77. The standard InChI is InChI=1S/C7H10O2/c1-5-3-4-6(5)7(8)9-2/h6H,1,3-4H2,2H3. The summed E-state index contributed by atoms with van der Waals surface area (Å²) in [6.45, 7) is 3.71. The molecule has 50 valence electrons. The molecule has 0 saturated heterocycles. The van der Waals surface area contributed by atoms with Gasteiger partial charge in [0.2, 0.25) is 0 Å². The Labute approximate surface area is 54.5 Å². The minimum atomic E-state index is -0.133. The van der Waals surface area contributed by atoms with Crippen molar-refractivity contribution in [2.24, 2.45) is 5.92 Å². The van der Waals surface area contributed by atoms with Crippen LogP contribution in [0.3, 0.4) is 0 Å². The molecule has 0 aromatic carbocycles. The van der Waals surface area contributed by atoms with Crippen molar-refractivity contribution in [1.82, 2.24) is 0 Å². The molecule has 2 heteroatoms. The van der Waals surface area contributed by atoms with Crippen LogP contribution in [0.2, 0.25) is 0 Å². The van der Waals surface area contributed by atoms with Gasteiger partial charge in [-0.25, -0.2) is 0 Å². The van der Waals surface area contributed by atoms with E-state index in [1.807, 2.05) is 0 Å². The summed E-state index contributed by atoms with van der Waals surface area (Å²) in [5.74, 6) is -0.124. The summed E-state index contributed by atoms with van der Waals surface area (Å²) in [4.78, 5) is 10.7. The molecule has 1 aliphatic rings. The summed E-state index contributed by atoms with van der Waals surface area (Å²) in [6.07, 6.45) is 1.91. The van der Waals surface area contributed by atoms with Crippen molar-refractivity contribution in [2.45, 2.75) is 12.8 Å². The molecule has 0 N–H and O–H groups in total. The zero-order valence-corrected chi connectivity index (χ0v) is 5.52. The van der Waals surface area contributed by atoms with Crippen LogP contribution in [0.4, 0.5) is 0 Å². The van der Waals surface area contributed by atoms with Gasteiger partial charge in [-0.2, -0.15) is 0 Å². The Morgan fingerprint density at radius 3 is 2.67 bits per heavy atom. The number of hydrogen-bond donors (Lipinski definition) is 0. The second-order valence-corrected chi connectivity index (χ2v) is 2.27. The van der Waals surface area contributed by atoms with Crippen LogP contribution in [0.1, 0.15) is 12.8 Å². The van der Waals surface area contributed by atoms with E-state index in [0.29, 0.717) is 0 Å². The Kier molecular flexibility index (Phi) is 1.56. The lowest BCUT2D eigenvalue weighted by Crippen LogP contribution is -2.25. The number of esters is 1. The number of hydrogen-bond acceptors (Lipinski definition) is 2. The van der Waals surface area contributed by atoms with Gasteiger partial charge in [-0.1, -0.05) is 12.2 Å². The fourth-order valence-corrected chi connectivity index (χ4v) is 0.920. The smallest absolute Gasteiger partial charge is 0.312 e. The average Bonchev–Trinajstić information content (AvgIpc) is 1.84. The van der Waals surface area contributed by atoms with Crippen LogP contribution in [0.15, 0.2) is 12.2 Å². The summed E-state index contributed by atoms with van der Waals surface area (Å²) in [5.41, 5.74) is 1.02. The lowest BCUT2D eigenvalue weighted by atomic mass is 9.81. The van der Waals surface area contributed by atoms with E-state index >= 15 is 0 Å². The number of methoxy groups -OCH3 is 1. The first-order valence-corrected chi connectivity index (χ1v) is 3.01. The van der Waals surface area contributed by atoms with Gasteiger partial charge in [0.15, 0.2) is 0 Å². The summed E-state index contributed by atoms with van der Waals surface area (Å²) >= 11 is 0. The fraction of sp³-hybridized carbons (Fsp3) is 0.571. The molecule has 0 spiro atoms. The minimum absolute atomic E-state index is 0.00926. The maximum Gasteiger partial charge on any atom is 0.312 e. The molecule has 9 heavy (non-hydrogen) atoms. The third-order valence-corrected chi connectivity index (χ3v) is 1.73. The predicted molar refractivity (Wildman–Crippen MR) is 33.9 cm³/mol. The summed E-state index contributed by atoms with van der Waals surface area (Å²) in [5, 5.41) is 0. The number of carbonyl (C=O) groups is 1. The molecule has 0 radical (unpaired) electrons. The van der Waals surface area contributed by atoms with Gasteiger partial charge in [0, 0.05) is 0 Å². The molecule has 0 bridgehead atoms. The molecule has 1 atom stereocenters. The number of ether oxygens (including phenoxy) is 1. The molecule has 0 amide bonds. The van der Waals surface area contributed by atoms with Crippen LogP contribution in [0.5, 0.6) is 0 Å². The van der Waals surface area contributed by atoms with Crippen molar-refractivity contribution in [1.29, 1.82) is 0 Å². The first-order chi connectivity index (χ1) is 4.25. The topological polar surface area (TPSA) is 26.3 Å². The van der Waals surface area contributed by atoms with Crippen LogP contribution in [0, 0.1) is 5.92 Å². The molecule has 1 fully saturated rings. The molecule has 1 unspecified atom stereocenters. The van der Waals surface area contributed by atoms with E-state index in [-0.39, 0.29) is 11.9 Å². The van der Waals surface area contributed by atoms with Crippen LogP contribution in [0.25, 0.3) is 0 Å². The second kappa shape index (κ2) is 2.21. The molecule has 1 rings (SSSR count). The molecule has 1 saturated carbocycles. The number of carbonyl (C=O) groups excluding carboxylic acids is 1. The van der Waals surface area contributed by atoms with Crippen molar-refractivity contribution in [3.8, 4) is 0 Å². The largest absolute Gasteiger partial charge is 0.469 e.